The van der Waals surface area contributed by atoms with E-state index in [2.05, 4.69) is 4.98 Å². The van der Waals surface area contributed by atoms with Crippen LogP contribution in [0.1, 0.15) is 19.3 Å². The molecule has 0 amide bonds. The van der Waals surface area contributed by atoms with Crippen molar-refractivity contribution < 1.29 is 21.6 Å². The molecule has 2 aromatic rings. The number of hydrogen-bond acceptors (Lipinski definition) is 4. The summed E-state index contributed by atoms with van der Waals surface area (Å²) in [6, 6.07) is 1.94. The lowest BCUT2D eigenvalue weighted by molar-refractivity contribution is 0.240. The van der Waals surface area contributed by atoms with E-state index in [1.807, 2.05) is 0 Å². The first-order valence-electron chi connectivity index (χ1n) is 7.30. The van der Waals surface area contributed by atoms with E-state index in [9.17, 15) is 22.0 Å². The molecule has 3 rings (SSSR count). The molecule has 126 valence electrons. The summed E-state index contributed by atoms with van der Waals surface area (Å²) in [5.74, 6) is -1.81. The monoisotopic (exact) mass is 346 g/mol. The third-order valence-corrected chi connectivity index (χ3v) is 5.97. The van der Waals surface area contributed by atoms with Crippen molar-refractivity contribution in [1.29, 1.82) is 0 Å². The quantitative estimate of drug-likeness (QED) is 0.918. The molecule has 2 heterocycles. The lowest BCUT2D eigenvalue weighted by Crippen LogP contribution is -2.40. The maximum Gasteiger partial charge on any atom is 0.417 e. The van der Waals surface area contributed by atoms with Crippen molar-refractivity contribution in [1.82, 2.24) is 9.29 Å². The molecule has 9 heteroatoms. The Morgan fingerprint density at radius 3 is 2.91 bits per heavy atom. The van der Waals surface area contributed by atoms with Crippen LogP contribution < -0.4 is 5.76 Å². The van der Waals surface area contributed by atoms with Gasteiger partial charge in [-0.1, -0.05) is 0 Å². The Morgan fingerprint density at radius 1 is 1.39 bits per heavy atom. The first kappa shape index (κ1) is 16.1. The summed E-state index contributed by atoms with van der Waals surface area (Å²) < 4.78 is 58.0. The van der Waals surface area contributed by atoms with Gasteiger partial charge in [0.05, 0.1) is 12.2 Å². The topological polar surface area (TPSA) is 83.4 Å². The van der Waals surface area contributed by atoms with Gasteiger partial charge in [-0.3, -0.25) is 9.37 Å². The van der Waals surface area contributed by atoms with E-state index < -0.39 is 33.2 Å². The van der Waals surface area contributed by atoms with Gasteiger partial charge in [0, 0.05) is 25.2 Å². The zero-order chi connectivity index (χ0) is 16.6. The molecule has 1 fully saturated rings. The highest BCUT2D eigenvalue weighted by atomic mass is 32.2. The van der Waals surface area contributed by atoms with Crippen LogP contribution in [0.2, 0.25) is 0 Å². The Hall–Kier alpha value is -1.74. The van der Waals surface area contributed by atoms with Crippen LogP contribution >= 0.6 is 0 Å². The summed E-state index contributed by atoms with van der Waals surface area (Å²) >= 11 is 0. The number of oxazole rings is 1. The van der Waals surface area contributed by atoms with E-state index in [1.165, 1.54) is 4.31 Å². The van der Waals surface area contributed by atoms with Crippen LogP contribution in [-0.4, -0.2) is 37.5 Å². The predicted octanol–water partition coefficient (Wildman–Crippen LogP) is 2.02. The number of H-pyrrole nitrogens is 1. The SMILES string of the molecule is O=c1[nH]c2cc(F)c(S(=O)(=O)N3CCCC(CCF)C3)cc2o1. The maximum atomic E-state index is 14.2. The van der Waals surface area contributed by atoms with Gasteiger partial charge >= 0.3 is 5.76 Å². The highest BCUT2D eigenvalue weighted by Gasteiger charge is 2.32. The summed E-state index contributed by atoms with van der Waals surface area (Å²) in [7, 11) is -4.07. The van der Waals surface area contributed by atoms with E-state index >= 15 is 0 Å². The van der Waals surface area contributed by atoms with Crippen molar-refractivity contribution >= 4 is 21.1 Å². The van der Waals surface area contributed by atoms with Crippen molar-refractivity contribution in [2.24, 2.45) is 5.92 Å². The molecule has 1 aliphatic heterocycles. The number of nitrogens with zero attached hydrogens (tertiary/aromatic N) is 1. The minimum Gasteiger partial charge on any atom is -0.408 e. The van der Waals surface area contributed by atoms with E-state index in [4.69, 9.17) is 4.42 Å². The molecule has 0 aliphatic carbocycles. The van der Waals surface area contributed by atoms with Crippen LogP contribution in [-0.2, 0) is 10.0 Å². The molecule has 1 aromatic carbocycles. The molecule has 1 aliphatic rings. The molecule has 1 aromatic heterocycles. The Bertz CT molecular complexity index is 873. The van der Waals surface area contributed by atoms with Gasteiger partial charge in [0.15, 0.2) is 5.58 Å². The molecule has 23 heavy (non-hydrogen) atoms. The van der Waals surface area contributed by atoms with Gasteiger partial charge in [-0.25, -0.2) is 17.6 Å². The smallest absolute Gasteiger partial charge is 0.408 e. The number of fused-ring (bicyclic) bond motifs is 1. The minimum absolute atomic E-state index is 0.0210. The van der Waals surface area contributed by atoms with Crippen LogP contribution in [0.4, 0.5) is 8.78 Å². The Balaban J connectivity index is 1.98. The Labute approximate surface area is 131 Å². The van der Waals surface area contributed by atoms with Crippen molar-refractivity contribution in [3.8, 4) is 0 Å². The number of nitrogens with one attached hydrogen (secondary N) is 1. The number of sulfonamides is 1. The second-order valence-corrected chi connectivity index (χ2v) is 7.55. The third kappa shape index (κ3) is 3.02. The summed E-state index contributed by atoms with van der Waals surface area (Å²) in [5, 5.41) is 0. The molecular formula is C14H16F2N2O4S. The predicted molar refractivity (Wildman–Crippen MR) is 78.9 cm³/mol. The van der Waals surface area contributed by atoms with Gasteiger partial charge in [0.1, 0.15) is 10.7 Å². The standard InChI is InChI=1S/C14H16F2N2O4S/c15-4-3-9-2-1-5-18(8-9)23(20,21)13-7-12-11(6-10(13)16)17-14(19)22-12/h6-7,9H,1-5,8H2,(H,17,19). The summed E-state index contributed by atoms with van der Waals surface area (Å²) in [4.78, 5) is 12.9. The minimum atomic E-state index is -4.07. The van der Waals surface area contributed by atoms with Crippen LogP contribution in [0.3, 0.4) is 0 Å². The number of rotatable bonds is 4. The second kappa shape index (κ2) is 6.04. The van der Waals surface area contributed by atoms with Crippen LogP contribution in [0.15, 0.2) is 26.2 Å². The highest BCUT2D eigenvalue weighted by Crippen LogP contribution is 2.28. The fourth-order valence-corrected chi connectivity index (χ4v) is 4.54. The van der Waals surface area contributed by atoms with Gasteiger partial charge in [-0.05, 0) is 25.2 Å². The fraction of sp³-hybridized carbons (Fsp3) is 0.500. The maximum absolute atomic E-state index is 14.2. The van der Waals surface area contributed by atoms with E-state index in [1.54, 1.807) is 0 Å². The fourth-order valence-electron chi connectivity index (χ4n) is 2.92. The molecule has 0 bridgehead atoms. The van der Waals surface area contributed by atoms with E-state index in [-0.39, 0.29) is 30.1 Å². The third-order valence-electron chi connectivity index (χ3n) is 4.09. The van der Waals surface area contributed by atoms with Gasteiger partial charge in [0.2, 0.25) is 10.0 Å². The molecular weight excluding hydrogens is 330 g/mol. The first-order valence-corrected chi connectivity index (χ1v) is 8.74. The van der Waals surface area contributed by atoms with Gasteiger partial charge < -0.3 is 4.42 Å². The first-order chi connectivity index (χ1) is 10.9. The molecule has 1 N–H and O–H groups in total. The molecule has 1 unspecified atom stereocenters. The van der Waals surface area contributed by atoms with Crippen molar-refractivity contribution in [3.05, 3.63) is 28.5 Å². The molecule has 0 radical (unpaired) electrons. The van der Waals surface area contributed by atoms with Crippen molar-refractivity contribution in [2.45, 2.75) is 24.2 Å². The summed E-state index contributed by atoms with van der Waals surface area (Å²) in [5.41, 5.74) is 0.0766. The van der Waals surface area contributed by atoms with Crippen molar-refractivity contribution in [3.63, 3.8) is 0 Å². The molecule has 1 saturated heterocycles. The second-order valence-electron chi connectivity index (χ2n) is 5.64. The largest absolute Gasteiger partial charge is 0.417 e. The molecule has 0 saturated carbocycles. The lowest BCUT2D eigenvalue weighted by Gasteiger charge is -2.31. The average Bonchev–Trinajstić information content (AvgIpc) is 2.86. The number of hydrogen-bond donors (Lipinski definition) is 1. The highest BCUT2D eigenvalue weighted by molar-refractivity contribution is 7.89. The molecule has 6 nitrogen and oxygen atoms in total. The van der Waals surface area contributed by atoms with Gasteiger partial charge in [-0.2, -0.15) is 4.31 Å². The number of aromatic amines is 1. The zero-order valence-electron chi connectivity index (χ0n) is 12.2. The Kier molecular flexibility index (Phi) is 4.24. The van der Waals surface area contributed by atoms with Gasteiger partial charge in [-0.15, -0.1) is 0 Å². The Morgan fingerprint density at radius 2 is 2.17 bits per heavy atom. The summed E-state index contributed by atoms with van der Waals surface area (Å²) in [6.45, 7) is -0.0755. The number of benzene rings is 1. The number of alkyl halides is 1. The molecule has 1 atom stereocenters. The summed E-state index contributed by atoms with van der Waals surface area (Å²) in [6.07, 6.45) is 1.65. The van der Waals surface area contributed by atoms with Crippen molar-refractivity contribution in [2.75, 3.05) is 19.8 Å². The van der Waals surface area contributed by atoms with Crippen LogP contribution in [0.5, 0.6) is 0 Å². The van der Waals surface area contributed by atoms with Gasteiger partial charge in [0.25, 0.3) is 0 Å². The number of halogens is 2. The van der Waals surface area contributed by atoms with Crippen LogP contribution in [0.25, 0.3) is 11.1 Å². The van der Waals surface area contributed by atoms with E-state index in [0.29, 0.717) is 12.8 Å². The normalized spacial score (nSPS) is 20.2. The average molecular weight is 346 g/mol. The zero-order valence-corrected chi connectivity index (χ0v) is 13.0. The number of piperidine rings is 1. The van der Waals surface area contributed by atoms with Crippen LogP contribution in [0, 0.1) is 11.7 Å². The number of aromatic nitrogens is 1. The van der Waals surface area contributed by atoms with E-state index in [0.717, 1.165) is 18.6 Å². The molecule has 0 spiro atoms. The lowest BCUT2D eigenvalue weighted by atomic mass is 9.97.